The molecule has 6 nitrogen and oxygen atoms in total. The molecule has 1 amide bonds. The molecule has 2 heterocycles. The Labute approximate surface area is 190 Å². The fraction of sp³-hybridized carbons (Fsp3) is 0.200. The maximum absolute atomic E-state index is 13.5. The van der Waals surface area contributed by atoms with Crippen molar-refractivity contribution in [1.82, 2.24) is 10.1 Å². The van der Waals surface area contributed by atoms with Crippen molar-refractivity contribution in [3.05, 3.63) is 72.3 Å². The van der Waals surface area contributed by atoms with Crippen LogP contribution in [-0.4, -0.2) is 22.2 Å². The van der Waals surface area contributed by atoms with E-state index in [1.165, 1.54) is 11.8 Å². The Morgan fingerprint density at radius 3 is 2.66 bits per heavy atom. The fourth-order valence-corrected chi connectivity index (χ4v) is 4.72. The van der Waals surface area contributed by atoms with E-state index >= 15 is 0 Å². The zero-order valence-electron chi connectivity index (χ0n) is 17.9. The number of carbonyl (C=O) groups excluding carboxylic acids is 1. The molecule has 1 aliphatic rings. The van der Waals surface area contributed by atoms with E-state index in [-0.39, 0.29) is 11.8 Å². The Morgan fingerprint density at radius 2 is 1.84 bits per heavy atom. The average molecular weight is 443 g/mol. The Hall–Kier alpha value is -3.45. The van der Waals surface area contributed by atoms with Crippen LogP contribution in [0.25, 0.3) is 22.0 Å². The lowest BCUT2D eigenvalue weighted by molar-refractivity contribution is -0.764. The van der Waals surface area contributed by atoms with Gasteiger partial charge in [-0.05, 0) is 41.6 Å². The van der Waals surface area contributed by atoms with Gasteiger partial charge in [0.1, 0.15) is 0 Å². The van der Waals surface area contributed by atoms with Crippen molar-refractivity contribution in [2.45, 2.75) is 31.1 Å². The summed E-state index contributed by atoms with van der Waals surface area (Å²) >= 11 is 1.31. The Morgan fingerprint density at radius 1 is 1.09 bits per heavy atom. The van der Waals surface area contributed by atoms with Crippen LogP contribution in [0.3, 0.4) is 0 Å². The second kappa shape index (κ2) is 8.24. The number of anilines is 1. The fourth-order valence-electron chi connectivity index (χ4n) is 4.38. The summed E-state index contributed by atoms with van der Waals surface area (Å²) in [4.78, 5) is 19.5. The molecule has 1 unspecified atom stereocenters. The summed E-state index contributed by atoms with van der Waals surface area (Å²) < 4.78 is 1.69. The van der Waals surface area contributed by atoms with E-state index in [1.807, 2.05) is 79.9 Å². The predicted octanol–water partition coefficient (Wildman–Crippen LogP) is 4.07. The van der Waals surface area contributed by atoms with E-state index in [1.54, 1.807) is 9.58 Å². The molecule has 32 heavy (non-hydrogen) atoms. The molecule has 7 heteroatoms. The third-order valence-corrected chi connectivity index (χ3v) is 6.27. The Balaban J connectivity index is 1.88. The van der Waals surface area contributed by atoms with Crippen LogP contribution in [0, 0.1) is 0 Å². The minimum Gasteiger partial charge on any atom is -0.854 e. The molecular formula is C25H22N4O2S. The second-order valence-corrected chi connectivity index (χ2v) is 8.44. The molecule has 0 aliphatic carbocycles. The largest absolute Gasteiger partial charge is 0.854 e. The molecular weight excluding hydrogens is 420 g/mol. The van der Waals surface area contributed by atoms with Crippen LogP contribution in [0.4, 0.5) is 5.69 Å². The van der Waals surface area contributed by atoms with Crippen molar-refractivity contribution in [3.63, 3.8) is 0 Å². The van der Waals surface area contributed by atoms with Gasteiger partial charge < -0.3 is 5.11 Å². The molecule has 0 fully saturated rings. The van der Waals surface area contributed by atoms with Crippen LogP contribution >= 0.6 is 11.8 Å². The number of amides is 1. The Kier molecular flexibility index (Phi) is 5.27. The number of hydrogen-bond donors (Lipinski definition) is 0. The van der Waals surface area contributed by atoms with Gasteiger partial charge in [-0.1, -0.05) is 71.9 Å². The number of para-hydroxylation sites is 1. The predicted molar refractivity (Wildman–Crippen MR) is 123 cm³/mol. The monoisotopic (exact) mass is 442 g/mol. The van der Waals surface area contributed by atoms with Crippen LogP contribution in [0.1, 0.15) is 31.5 Å². The lowest BCUT2D eigenvalue weighted by atomic mass is 9.97. The number of rotatable bonds is 4. The zero-order chi connectivity index (χ0) is 22.2. The highest BCUT2D eigenvalue weighted by atomic mass is 32.2. The summed E-state index contributed by atoms with van der Waals surface area (Å²) in [6, 6.07) is 21.6. The molecule has 160 valence electrons. The number of hydrogen-bond acceptors (Lipinski definition) is 5. The van der Waals surface area contributed by atoms with E-state index in [0.717, 1.165) is 22.8 Å². The zero-order valence-corrected chi connectivity index (χ0v) is 18.7. The van der Waals surface area contributed by atoms with Gasteiger partial charge >= 0.3 is 0 Å². The minimum atomic E-state index is -0.591. The highest BCUT2D eigenvalue weighted by Gasteiger charge is 2.45. The number of benzene rings is 3. The summed E-state index contributed by atoms with van der Waals surface area (Å²) in [5.41, 5.74) is 2.70. The lowest BCUT2D eigenvalue weighted by Crippen LogP contribution is -2.59. The quantitative estimate of drug-likeness (QED) is 0.352. The van der Waals surface area contributed by atoms with Gasteiger partial charge in [-0.25, -0.2) is 9.88 Å². The molecule has 0 N–H and O–H groups in total. The number of carbonyl (C=O) groups is 1. The van der Waals surface area contributed by atoms with Crippen LogP contribution in [-0.2, 0) is 4.79 Å². The summed E-state index contributed by atoms with van der Waals surface area (Å²) in [6.45, 7) is 1.99. The standard InChI is InChI=1S/C25H22N4O2S/c1-3-9-21(30)28-20-15-7-6-13-19(20)22-23(31)26-25(32-2)27-29(22)24(28)18-14-8-11-16-10-4-5-12-17(16)18/h4-8,10-15,24H,3,9H2,1-2H3. The summed E-state index contributed by atoms with van der Waals surface area (Å²) in [5, 5.41) is 20.3. The maximum Gasteiger partial charge on any atom is 0.293 e. The summed E-state index contributed by atoms with van der Waals surface area (Å²) in [7, 11) is 0. The van der Waals surface area contributed by atoms with Crippen molar-refractivity contribution in [3.8, 4) is 17.1 Å². The van der Waals surface area contributed by atoms with Crippen molar-refractivity contribution in [1.29, 1.82) is 0 Å². The molecule has 3 aromatic carbocycles. The third kappa shape index (κ3) is 3.20. The van der Waals surface area contributed by atoms with E-state index in [2.05, 4.69) is 4.98 Å². The molecule has 0 bridgehead atoms. The third-order valence-electron chi connectivity index (χ3n) is 5.73. The molecule has 0 saturated carbocycles. The lowest BCUT2D eigenvalue weighted by Gasteiger charge is -2.34. The van der Waals surface area contributed by atoms with Crippen LogP contribution < -0.4 is 14.7 Å². The summed E-state index contributed by atoms with van der Waals surface area (Å²) in [6.07, 6.45) is 2.37. The number of thioether (sulfide) groups is 1. The first kappa shape index (κ1) is 20.5. The first-order valence-electron chi connectivity index (χ1n) is 10.6. The van der Waals surface area contributed by atoms with Crippen molar-refractivity contribution in [2.24, 2.45) is 0 Å². The normalized spacial score (nSPS) is 14.8. The molecule has 0 spiro atoms. The van der Waals surface area contributed by atoms with Crippen molar-refractivity contribution in [2.75, 3.05) is 11.2 Å². The van der Waals surface area contributed by atoms with E-state index in [0.29, 0.717) is 28.5 Å². The van der Waals surface area contributed by atoms with Gasteiger partial charge in [0, 0.05) is 11.5 Å². The van der Waals surface area contributed by atoms with Gasteiger partial charge in [0.15, 0.2) is 0 Å². The second-order valence-electron chi connectivity index (χ2n) is 7.67. The van der Waals surface area contributed by atoms with Gasteiger partial charge in [-0.3, -0.25) is 4.79 Å². The highest BCUT2D eigenvalue weighted by Crippen LogP contribution is 2.42. The SMILES string of the molecule is CCCC(=O)N1c2ccccc2-c2c([O-])nc(SC)n[n+]2C1c1cccc2ccccc12. The van der Waals surface area contributed by atoms with Gasteiger partial charge in [0.05, 0.1) is 22.7 Å². The molecule has 5 rings (SSSR count). The van der Waals surface area contributed by atoms with Gasteiger partial charge in [-0.15, -0.1) is 0 Å². The van der Waals surface area contributed by atoms with Crippen LogP contribution in [0.2, 0.25) is 0 Å². The van der Waals surface area contributed by atoms with Crippen LogP contribution in [0.15, 0.2) is 71.9 Å². The van der Waals surface area contributed by atoms with Crippen LogP contribution in [0.5, 0.6) is 5.88 Å². The highest BCUT2D eigenvalue weighted by molar-refractivity contribution is 7.98. The van der Waals surface area contributed by atoms with E-state index < -0.39 is 6.17 Å². The topological polar surface area (TPSA) is 73.0 Å². The Bertz CT molecular complexity index is 1340. The first-order chi connectivity index (χ1) is 15.6. The number of fused-ring (bicyclic) bond motifs is 4. The maximum atomic E-state index is 13.5. The van der Waals surface area contributed by atoms with Gasteiger partial charge in [0.2, 0.25) is 5.91 Å². The summed E-state index contributed by atoms with van der Waals surface area (Å²) in [5.74, 6) is -0.350. The first-order valence-corrected chi connectivity index (χ1v) is 11.8. The average Bonchev–Trinajstić information content (AvgIpc) is 2.82. The van der Waals surface area contributed by atoms with E-state index in [9.17, 15) is 9.90 Å². The van der Waals surface area contributed by atoms with E-state index in [4.69, 9.17) is 5.10 Å². The smallest absolute Gasteiger partial charge is 0.293 e. The van der Waals surface area contributed by atoms with Crippen molar-refractivity contribution >= 4 is 34.1 Å². The van der Waals surface area contributed by atoms with Crippen molar-refractivity contribution < 1.29 is 14.6 Å². The molecule has 1 aromatic heterocycles. The van der Waals surface area contributed by atoms with Gasteiger partial charge in [0.25, 0.3) is 17.0 Å². The molecule has 0 radical (unpaired) electrons. The molecule has 0 saturated heterocycles. The number of nitrogens with zero attached hydrogens (tertiary/aromatic N) is 4. The molecule has 1 atom stereocenters. The molecule has 1 aliphatic heterocycles. The van der Waals surface area contributed by atoms with Gasteiger partial charge in [-0.2, -0.15) is 0 Å². The minimum absolute atomic E-state index is 0.00667. The number of aromatic nitrogens is 3. The molecule has 4 aromatic rings.